The lowest BCUT2D eigenvalue weighted by molar-refractivity contribution is 1.30. The summed E-state index contributed by atoms with van der Waals surface area (Å²) in [7, 11) is 0. The Morgan fingerprint density at radius 2 is 0.839 bits per heavy atom. The van der Waals surface area contributed by atoms with Crippen molar-refractivity contribution in [2.24, 2.45) is 0 Å². The first-order valence-electron chi connectivity index (χ1n) is 21.2. The molecule has 0 aliphatic heterocycles. The van der Waals surface area contributed by atoms with Gasteiger partial charge in [0.1, 0.15) is 0 Å². The minimum atomic E-state index is 1.10. The van der Waals surface area contributed by atoms with Gasteiger partial charge in [-0.3, -0.25) is 0 Å². The van der Waals surface area contributed by atoms with Crippen molar-refractivity contribution in [3.8, 4) is 44.5 Å². The third-order valence-electron chi connectivity index (χ3n) is 12.5. The van der Waals surface area contributed by atoms with Crippen molar-refractivity contribution in [3.63, 3.8) is 0 Å². The van der Waals surface area contributed by atoms with Gasteiger partial charge in [-0.1, -0.05) is 194 Å². The molecule has 0 radical (unpaired) electrons. The van der Waals surface area contributed by atoms with Crippen LogP contribution in [0.1, 0.15) is 0 Å². The van der Waals surface area contributed by atoms with E-state index < -0.39 is 0 Å². The van der Waals surface area contributed by atoms with Crippen molar-refractivity contribution in [2.75, 3.05) is 4.90 Å². The summed E-state index contributed by atoms with van der Waals surface area (Å²) in [4.78, 5) is 2.50. The number of hydrogen-bond acceptors (Lipinski definition) is 2. The summed E-state index contributed by atoms with van der Waals surface area (Å²) in [6.07, 6.45) is 0. The van der Waals surface area contributed by atoms with Gasteiger partial charge in [-0.05, 0) is 114 Å². The minimum Gasteiger partial charge on any atom is -0.309 e. The van der Waals surface area contributed by atoms with E-state index in [1.807, 2.05) is 11.3 Å². The maximum atomic E-state index is 2.50. The standard InChI is InChI=1S/C60H39NS/c1-2-14-43(15-3-1)51-37-34-46(55-38-45-17-5-7-20-50(45)52-21-8-9-22-53(52)55)39-57(51)61(56-25-13-27-59-60(56)54-23-10-11-26-58(54)62-59)47-35-32-41(33-36-47)40-28-30-44(31-29-40)49-24-12-18-42-16-4-6-19-48(42)49/h1-39H. The first-order chi connectivity index (χ1) is 30.7. The Hall–Kier alpha value is -7.78. The van der Waals surface area contributed by atoms with E-state index in [4.69, 9.17) is 0 Å². The van der Waals surface area contributed by atoms with Crippen LogP contribution in [0.3, 0.4) is 0 Å². The average molecular weight is 806 g/mol. The van der Waals surface area contributed by atoms with E-state index in [2.05, 4.69) is 241 Å². The van der Waals surface area contributed by atoms with E-state index in [0.29, 0.717) is 0 Å². The number of hydrogen-bond donors (Lipinski definition) is 0. The number of benzene rings is 11. The zero-order valence-electron chi connectivity index (χ0n) is 33.9. The number of fused-ring (bicyclic) bond motifs is 7. The molecule has 1 nitrogen and oxygen atoms in total. The van der Waals surface area contributed by atoms with Crippen LogP contribution in [0, 0.1) is 0 Å². The monoisotopic (exact) mass is 805 g/mol. The van der Waals surface area contributed by atoms with Gasteiger partial charge in [-0.15, -0.1) is 11.3 Å². The molecule has 0 fully saturated rings. The van der Waals surface area contributed by atoms with Gasteiger partial charge in [-0.25, -0.2) is 0 Å². The molecule has 11 aromatic carbocycles. The summed E-state index contributed by atoms with van der Waals surface area (Å²) >= 11 is 1.86. The normalized spacial score (nSPS) is 11.5. The molecule has 12 rings (SSSR count). The lowest BCUT2D eigenvalue weighted by Gasteiger charge is -2.29. The topological polar surface area (TPSA) is 3.24 Å². The fourth-order valence-corrected chi connectivity index (χ4v) is 10.6. The first kappa shape index (κ1) is 36.1. The quantitative estimate of drug-likeness (QED) is 0.145. The molecule has 0 N–H and O–H groups in total. The molecule has 62 heavy (non-hydrogen) atoms. The van der Waals surface area contributed by atoms with Crippen LogP contribution in [0.15, 0.2) is 237 Å². The van der Waals surface area contributed by atoms with Gasteiger partial charge in [-0.2, -0.15) is 0 Å². The summed E-state index contributed by atoms with van der Waals surface area (Å²) in [5.41, 5.74) is 13.0. The number of thiophene rings is 1. The Balaban J connectivity index is 1.06. The Kier molecular flexibility index (Phi) is 8.76. The summed E-state index contributed by atoms with van der Waals surface area (Å²) < 4.78 is 2.56. The molecule has 0 aliphatic rings. The first-order valence-corrected chi connectivity index (χ1v) is 22.1. The molecule has 0 unspecified atom stereocenters. The van der Waals surface area contributed by atoms with Crippen LogP contribution in [-0.4, -0.2) is 0 Å². The van der Waals surface area contributed by atoms with Gasteiger partial charge in [0.15, 0.2) is 0 Å². The molecule has 1 aromatic heterocycles. The van der Waals surface area contributed by atoms with Crippen LogP contribution >= 0.6 is 11.3 Å². The van der Waals surface area contributed by atoms with Crippen LogP contribution in [-0.2, 0) is 0 Å². The summed E-state index contributed by atoms with van der Waals surface area (Å²) in [5.74, 6) is 0. The second-order valence-electron chi connectivity index (χ2n) is 16.0. The molecule has 0 bridgehead atoms. The van der Waals surface area contributed by atoms with Gasteiger partial charge in [0.25, 0.3) is 0 Å². The number of nitrogens with zero attached hydrogens (tertiary/aromatic N) is 1. The van der Waals surface area contributed by atoms with Crippen molar-refractivity contribution >= 4 is 80.9 Å². The van der Waals surface area contributed by atoms with Crippen molar-refractivity contribution in [1.82, 2.24) is 0 Å². The number of rotatable bonds is 7. The molecule has 0 amide bonds. The predicted molar refractivity (Wildman–Crippen MR) is 268 cm³/mol. The molecule has 290 valence electrons. The smallest absolute Gasteiger partial charge is 0.0555 e. The van der Waals surface area contributed by atoms with E-state index >= 15 is 0 Å². The Bertz CT molecular complexity index is 3610. The third kappa shape index (κ3) is 6.15. The van der Waals surface area contributed by atoms with E-state index in [1.54, 1.807) is 0 Å². The fraction of sp³-hybridized carbons (Fsp3) is 0. The van der Waals surface area contributed by atoms with Crippen LogP contribution in [0.5, 0.6) is 0 Å². The average Bonchev–Trinajstić information content (AvgIpc) is 3.74. The molecule has 0 saturated carbocycles. The van der Waals surface area contributed by atoms with Gasteiger partial charge in [0.2, 0.25) is 0 Å². The summed E-state index contributed by atoms with van der Waals surface area (Å²) in [5, 5.41) is 10.1. The van der Waals surface area contributed by atoms with Crippen LogP contribution in [0.4, 0.5) is 17.1 Å². The van der Waals surface area contributed by atoms with Gasteiger partial charge in [0, 0.05) is 31.4 Å². The van der Waals surface area contributed by atoms with E-state index in [1.165, 1.54) is 97.0 Å². The Morgan fingerprint density at radius 1 is 0.274 bits per heavy atom. The second-order valence-corrected chi connectivity index (χ2v) is 17.1. The van der Waals surface area contributed by atoms with E-state index in [0.717, 1.165) is 17.1 Å². The highest BCUT2D eigenvalue weighted by Gasteiger charge is 2.23. The predicted octanol–water partition coefficient (Wildman–Crippen LogP) is 17.7. The highest BCUT2D eigenvalue weighted by molar-refractivity contribution is 7.26. The maximum absolute atomic E-state index is 2.50. The van der Waals surface area contributed by atoms with Crippen LogP contribution < -0.4 is 4.90 Å². The lowest BCUT2D eigenvalue weighted by Crippen LogP contribution is -2.12. The minimum absolute atomic E-state index is 1.10. The fourth-order valence-electron chi connectivity index (χ4n) is 9.51. The number of anilines is 3. The maximum Gasteiger partial charge on any atom is 0.0555 e. The third-order valence-corrected chi connectivity index (χ3v) is 13.6. The molecule has 1 heterocycles. The highest BCUT2D eigenvalue weighted by atomic mass is 32.1. The van der Waals surface area contributed by atoms with Gasteiger partial charge in [0.05, 0.1) is 11.4 Å². The summed E-state index contributed by atoms with van der Waals surface area (Å²) in [6.45, 7) is 0. The largest absolute Gasteiger partial charge is 0.309 e. The molecule has 0 atom stereocenters. The Labute approximate surface area is 365 Å². The molecule has 0 aliphatic carbocycles. The van der Waals surface area contributed by atoms with Gasteiger partial charge < -0.3 is 4.90 Å². The van der Waals surface area contributed by atoms with Crippen LogP contribution in [0.2, 0.25) is 0 Å². The second kappa shape index (κ2) is 15.0. The molecule has 12 aromatic rings. The van der Waals surface area contributed by atoms with Crippen molar-refractivity contribution in [2.45, 2.75) is 0 Å². The molecule has 0 saturated heterocycles. The van der Waals surface area contributed by atoms with Crippen molar-refractivity contribution in [1.29, 1.82) is 0 Å². The highest BCUT2D eigenvalue weighted by Crippen LogP contribution is 2.49. The van der Waals surface area contributed by atoms with Crippen molar-refractivity contribution in [3.05, 3.63) is 237 Å². The molecular formula is C60H39NS. The Morgan fingerprint density at radius 3 is 1.65 bits per heavy atom. The lowest BCUT2D eigenvalue weighted by atomic mass is 9.91. The molecule has 2 heteroatoms. The molecular weight excluding hydrogens is 767 g/mol. The SMILES string of the molecule is c1ccc(-c2ccc(-c3cc4ccccc4c4ccccc34)cc2N(c2ccc(-c3ccc(-c4cccc5ccccc45)cc3)cc2)c2cccc3sc4ccccc4c23)cc1. The van der Waals surface area contributed by atoms with E-state index in [9.17, 15) is 0 Å². The zero-order valence-corrected chi connectivity index (χ0v) is 34.7. The summed E-state index contributed by atoms with van der Waals surface area (Å²) in [6, 6.07) is 86.9. The van der Waals surface area contributed by atoms with Gasteiger partial charge >= 0.3 is 0 Å². The van der Waals surface area contributed by atoms with Crippen molar-refractivity contribution < 1.29 is 0 Å². The van der Waals surface area contributed by atoms with E-state index in [-0.39, 0.29) is 0 Å². The molecule has 0 spiro atoms. The van der Waals surface area contributed by atoms with Crippen LogP contribution in [0.25, 0.3) is 97.0 Å². The zero-order chi connectivity index (χ0) is 41.0.